The Morgan fingerprint density at radius 1 is 1.26 bits per heavy atom. The van der Waals surface area contributed by atoms with E-state index in [4.69, 9.17) is 13.2 Å². The zero-order valence-electron chi connectivity index (χ0n) is 20.7. The Hall–Kier alpha value is -2.64. The molecule has 3 aliphatic rings. The number of carbonyl (C=O) groups excluding carboxylic acids is 2. The van der Waals surface area contributed by atoms with Crippen molar-refractivity contribution in [2.75, 3.05) is 33.1 Å². The number of Topliss-reactive ketones (excluding diaryl/α,β-unsaturated/α-hetero) is 1. The van der Waals surface area contributed by atoms with Gasteiger partial charge in [0.15, 0.2) is 0 Å². The molecule has 0 saturated heterocycles. The number of benzene rings is 1. The van der Waals surface area contributed by atoms with Crippen LogP contribution in [0.1, 0.15) is 30.0 Å². The van der Waals surface area contributed by atoms with Crippen LogP contribution in [0.3, 0.4) is 0 Å². The van der Waals surface area contributed by atoms with Gasteiger partial charge in [0.1, 0.15) is 0 Å². The second-order valence-corrected chi connectivity index (χ2v) is 11.1. The van der Waals surface area contributed by atoms with Crippen molar-refractivity contribution >= 4 is 45.3 Å². The van der Waals surface area contributed by atoms with E-state index in [2.05, 4.69) is 9.24 Å². The molecular weight excluding hydrogens is 464 g/mol. The third kappa shape index (κ3) is 3.39. The average molecular weight is 496 g/mol. The van der Waals surface area contributed by atoms with Crippen molar-refractivity contribution in [1.29, 1.82) is 0 Å². The van der Waals surface area contributed by atoms with E-state index < -0.39 is 28.8 Å². The average Bonchev–Trinajstić information content (AvgIpc) is 2.74. The number of rotatable bonds is 4. The number of fused-ring (bicyclic) bond motifs is 3. The fourth-order valence-corrected chi connectivity index (χ4v) is 6.98. The van der Waals surface area contributed by atoms with Gasteiger partial charge in [0.05, 0.1) is 0 Å². The van der Waals surface area contributed by atoms with E-state index in [0.717, 1.165) is 16.8 Å². The second-order valence-electron chi connectivity index (χ2n) is 10.2. The van der Waals surface area contributed by atoms with Crippen molar-refractivity contribution in [2.24, 2.45) is 17.6 Å². The quantitative estimate of drug-likeness (QED) is 0.365. The number of ketones is 1. The predicted octanol–water partition coefficient (Wildman–Crippen LogP) is 1.25. The standard InChI is InChI=1S/C25H32BN3O5P/c1-6-10-9-14(30)16-12(18(10)28(2)3)7-11-8-13-19(29(4)5)21(32)17(24(27)34)22(26)25(13,35)23(33)15(11)20(16)31/h9,11,13,19,30-32H,6-8,35H2,1-5H3,(H2,27,34)/t11-,13-,19-,25+/m0/s1. The van der Waals surface area contributed by atoms with Gasteiger partial charge < -0.3 is 0 Å². The normalized spacial score (nSPS) is 28.1. The van der Waals surface area contributed by atoms with Crippen molar-refractivity contribution in [3.63, 3.8) is 0 Å². The first-order valence-corrected chi connectivity index (χ1v) is 12.2. The molecule has 4 rings (SSSR count). The maximum atomic E-state index is 14.1. The van der Waals surface area contributed by atoms with Gasteiger partial charge >= 0.3 is 209 Å². The van der Waals surface area contributed by atoms with Gasteiger partial charge in [-0.3, -0.25) is 0 Å². The molecule has 1 radical (unpaired) electrons. The fraction of sp³-hybridized carbons (Fsp3) is 0.480. The molecule has 5 atom stereocenters. The van der Waals surface area contributed by atoms with Gasteiger partial charge in [-0.1, -0.05) is 0 Å². The molecule has 0 bridgehead atoms. The Morgan fingerprint density at radius 2 is 1.89 bits per heavy atom. The van der Waals surface area contributed by atoms with Gasteiger partial charge in [0.25, 0.3) is 0 Å². The summed E-state index contributed by atoms with van der Waals surface area (Å²) in [4.78, 5) is 30.1. The van der Waals surface area contributed by atoms with Crippen LogP contribution in [-0.4, -0.2) is 84.2 Å². The van der Waals surface area contributed by atoms with Gasteiger partial charge in [-0.05, 0) is 0 Å². The third-order valence-electron chi connectivity index (χ3n) is 7.82. The van der Waals surface area contributed by atoms with Crippen molar-refractivity contribution in [3.8, 4) is 5.75 Å². The minimum absolute atomic E-state index is 0.0826. The molecule has 1 saturated carbocycles. The molecule has 10 heteroatoms. The van der Waals surface area contributed by atoms with E-state index in [9.17, 15) is 24.9 Å². The number of carbonyl (C=O) groups is 2. The number of anilines is 1. The van der Waals surface area contributed by atoms with Crippen LogP contribution in [0, 0.1) is 11.8 Å². The number of amides is 1. The van der Waals surface area contributed by atoms with E-state index in [-0.39, 0.29) is 45.4 Å². The van der Waals surface area contributed by atoms with Gasteiger partial charge in [-0.15, -0.1) is 0 Å². The van der Waals surface area contributed by atoms with E-state index in [0.29, 0.717) is 19.3 Å². The van der Waals surface area contributed by atoms with Gasteiger partial charge in [-0.2, -0.15) is 0 Å². The topological polar surface area (TPSA) is 127 Å². The Kier molecular flexibility index (Phi) is 6.17. The summed E-state index contributed by atoms with van der Waals surface area (Å²) in [5, 5.41) is 31.9. The molecule has 1 amide bonds. The molecule has 1 aromatic rings. The Bertz CT molecular complexity index is 1240. The summed E-state index contributed by atoms with van der Waals surface area (Å²) < 4.78 is 0. The number of phenolic OH excluding ortho intramolecular Hbond substituents is 1. The molecule has 0 spiro atoms. The molecule has 185 valence electrons. The van der Waals surface area contributed by atoms with Gasteiger partial charge in [0.2, 0.25) is 0 Å². The number of hydrogen-bond donors (Lipinski definition) is 4. The van der Waals surface area contributed by atoms with Crippen LogP contribution in [0.25, 0.3) is 5.76 Å². The maximum absolute atomic E-state index is 14.1. The molecular formula is C25H32BN3O5P. The van der Waals surface area contributed by atoms with Crippen LogP contribution in [0.15, 0.2) is 23.0 Å². The van der Waals surface area contributed by atoms with Gasteiger partial charge in [0, 0.05) is 0 Å². The summed E-state index contributed by atoms with van der Waals surface area (Å²) in [7, 11) is 16.2. The van der Waals surface area contributed by atoms with Crippen LogP contribution < -0.4 is 10.6 Å². The minimum atomic E-state index is -1.45. The Labute approximate surface area is 208 Å². The van der Waals surface area contributed by atoms with Crippen molar-refractivity contribution in [1.82, 2.24) is 4.90 Å². The molecule has 0 aliphatic heterocycles. The molecule has 8 nitrogen and oxygen atoms in total. The zero-order valence-corrected chi connectivity index (χ0v) is 21.9. The number of primary amides is 1. The van der Waals surface area contributed by atoms with E-state index in [1.165, 1.54) is 0 Å². The summed E-state index contributed by atoms with van der Waals surface area (Å²) in [5.41, 5.74) is 8.25. The van der Waals surface area contributed by atoms with Crippen LogP contribution in [0.4, 0.5) is 5.69 Å². The van der Waals surface area contributed by atoms with Crippen LogP contribution in [0.2, 0.25) is 0 Å². The first-order valence-electron chi connectivity index (χ1n) is 11.6. The number of allylic oxidation sites excluding steroid dienone is 1. The van der Waals surface area contributed by atoms with Crippen molar-refractivity contribution < 1.29 is 24.9 Å². The summed E-state index contributed by atoms with van der Waals surface area (Å²) in [6.45, 7) is 2.00. The number of phenols is 1. The van der Waals surface area contributed by atoms with Crippen LogP contribution >= 0.6 is 9.24 Å². The molecule has 0 heterocycles. The fourth-order valence-electron chi connectivity index (χ4n) is 6.36. The summed E-state index contributed by atoms with van der Waals surface area (Å²) in [6.07, 6.45) is 1.53. The second kappa shape index (κ2) is 8.49. The first kappa shape index (κ1) is 25.5. The first-order chi connectivity index (χ1) is 16.3. The predicted molar refractivity (Wildman–Crippen MR) is 141 cm³/mol. The van der Waals surface area contributed by atoms with E-state index in [1.807, 2.05) is 25.9 Å². The summed E-state index contributed by atoms with van der Waals surface area (Å²) >= 11 is 0. The van der Waals surface area contributed by atoms with Crippen LogP contribution in [-0.2, 0) is 22.4 Å². The number of nitrogens with two attached hydrogens (primary N) is 1. The molecule has 1 fully saturated rings. The summed E-state index contributed by atoms with van der Waals surface area (Å²) in [5.74, 6) is -2.82. The van der Waals surface area contributed by atoms with Crippen molar-refractivity contribution in [2.45, 2.75) is 37.4 Å². The van der Waals surface area contributed by atoms with Crippen LogP contribution in [0.5, 0.6) is 5.75 Å². The summed E-state index contributed by atoms with van der Waals surface area (Å²) in [6, 6.07) is 0.951. The van der Waals surface area contributed by atoms with Crippen molar-refractivity contribution in [3.05, 3.63) is 39.7 Å². The number of nitrogens with zero attached hydrogens (tertiary/aromatic N) is 2. The van der Waals surface area contributed by atoms with E-state index >= 15 is 0 Å². The molecule has 1 unspecified atom stereocenters. The molecule has 5 N–H and O–H groups in total. The number of aryl methyl sites for hydroxylation is 1. The SMILES string of the molecule is [B]=C1C(C(N)=O)=C(O)[C@@H](N(C)C)[C@@H]2C[C@@H]3Cc4c(c(O)cc(CC)c4N(C)C)C(O)=C3C(=O)[C@]12P. The Balaban J connectivity index is 1.99. The third-order valence-corrected chi connectivity index (χ3v) is 8.82. The number of hydrogen-bond acceptors (Lipinski definition) is 7. The molecule has 1 aromatic carbocycles. The number of aromatic hydroxyl groups is 1. The molecule has 3 aliphatic carbocycles. The number of likely N-dealkylation sites (N-methyl/N-ethyl adjacent to an activating group) is 1. The molecule has 0 aromatic heterocycles. The monoisotopic (exact) mass is 496 g/mol. The Morgan fingerprint density at radius 3 is 2.40 bits per heavy atom. The number of aliphatic hydroxyl groups excluding tert-OH is 2. The number of aliphatic hydroxyl groups is 2. The van der Waals surface area contributed by atoms with Gasteiger partial charge in [-0.25, -0.2) is 0 Å². The zero-order chi connectivity index (χ0) is 26.1. The molecule has 35 heavy (non-hydrogen) atoms. The van der Waals surface area contributed by atoms with E-state index in [1.54, 1.807) is 25.1 Å².